The van der Waals surface area contributed by atoms with Crippen molar-refractivity contribution in [1.29, 1.82) is 5.26 Å². The van der Waals surface area contributed by atoms with Crippen LogP contribution in [0.25, 0.3) is 0 Å². The predicted octanol–water partition coefficient (Wildman–Crippen LogP) is 2.54. The van der Waals surface area contributed by atoms with E-state index in [1.807, 2.05) is 10.8 Å². The zero-order chi connectivity index (χ0) is 13.7. The second-order valence-corrected chi connectivity index (χ2v) is 4.01. The number of aromatic nitrogens is 2. The Morgan fingerprint density at radius 2 is 2.05 bits per heavy atom. The minimum Gasteiger partial charge on any atom is -0.380 e. The number of nitriles is 1. The van der Waals surface area contributed by atoms with Gasteiger partial charge in [0.15, 0.2) is 11.6 Å². The molecule has 0 fully saturated rings. The molecule has 0 unspecified atom stereocenters. The van der Waals surface area contributed by atoms with Crippen LogP contribution < -0.4 is 5.32 Å². The lowest BCUT2D eigenvalue weighted by molar-refractivity contribution is 0.584. The second-order valence-electron chi connectivity index (χ2n) is 4.01. The Bertz CT molecular complexity index is 564. The highest BCUT2D eigenvalue weighted by molar-refractivity contribution is 5.50. The van der Waals surface area contributed by atoms with Crippen molar-refractivity contribution in [3.05, 3.63) is 48.1 Å². The zero-order valence-electron chi connectivity index (χ0n) is 10.1. The van der Waals surface area contributed by atoms with Crippen molar-refractivity contribution in [2.24, 2.45) is 0 Å². The van der Waals surface area contributed by atoms with E-state index in [-0.39, 0.29) is 11.3 Å². The molecule has 1 N–H and O–H groups in total. The highest BCUT2D eigenvalue weighted by Gasteiger charge is 2.10. The van der Waals surface area contributed by atoms with Crippen molar-refractivity contribution in [3.63, 3.8) is 0 Å². The maximum atomic E-state index is 13.5. The second kappa shape index (κ2) is 5.96. The molecule has 0 spiro atoms. The Morgan fingerprint density at radius 1 is 1.32 bits per heavy atom. The number of hydrogen-bond donors (Lipinski definition) is 1. The van der Waals surface area contributed by atoms with Crippen molar-refractivity contribution < 1.29 is 8.78 Å². The largest absolute Gasteiger partial charge is 0.380 e. The van der Waals surface area contributed by atoms with Gasteiger partial charge in [0.2, 0.25) is 0 Å². The van der Waals surface area contributed by atoms with Crippen LogP contribution >= 0.6 is 0 Å². The maximum absolute atomic E-state index is 13.5. The van der Waals surface area contributed by atoms with E-state index in [1.165, 1.54) is 0 Å². The first kappa shape index (κ1) is 13.0. The molecule has 0 saturated carbocycles. The standard InChI is InChI=1S/C13H12F2N4/c14-11-6-10(8-16)7-12(15)13(11)18-2-1-4-19-5-3-17-9-19/h3,5-7,9,18H,1-2,4H2. The van der Waals surface area contributed by atoms with Crippen LogP contribution in [0.1, 0.15) is 12.0 Å². The number of anilines is 1. The molecule has 98 valence electrons. The first-order chi connectivity index (χ1) is 9.20. The molecule has 0 amide bonds. The summed E-state index contributed by atoms with van der Waals surface area (Å²) in [6.45, 7) is 1.14. The van der Waals surface area contributed by atoms with Crippen LogP contribution in [0.3, 0.4) is 0 Å². The molecule has 6 heteroatoms. The summed E-state index contributed by atoms with van der Waals surface area (Å²) in [6.07, 6.45) is 5.88. The quantitative estimate of drug-likeness (QED) is 0.842. The van der Waals surface area contributed by atoms with Gasteiger partial charge in [-0.3, -0.25) is 0 Å². The van der Waals surface area contributed by atoms with Crippen molar-refractivity contribution in [2.45, 2.75) is 13.0 Å². The molecule has 2 rings (SSSR count). The van der Waals surface area contributed by atoms with Crippen LogP contribution in [0.4, 0.5) is 14.5 Å². The van der Waals surface area contributed by atoms with E-state index >= 15 is 0 Å². The van der Waals surface area contributed by atoms with Gasteiger partial charge in [0.25, 0.3) is 0 Å². The molecular formula is C13H12F2N4. The first-order valence-electron chi connectivity index (χ1n) is 5.79. The molecule has 0 saturated heterocycles. The minimum absolute atomic E-state index is 0.0287. The highest BCUT2D eigenvalue weighted by Crippen LogP contribution is 2.20. The molecule has 0 aliphatic carbocycles. The fourth-order valence-corrected chi connectivity index (χ4v) is 1.70. The Kier molecular flexibility index (Phi) is 4.08. The van der Waals surface area contributed by atoms with Gasteiger partial charge in [0.05, 0.1) is 18.0 Å². The van der Waals surface area contributed by atoms with E-state index in [4.69, 9.17) is 5.26 Å². The molecule has 0 aliphatic heterocycles. The molecule has 0 aliphatic rings. The highest BCUT2D eigenvalue weighted by atomic mass is 19.1. The summed E-state index contributed by atoms with van der Waals surface area (Å²) in [6, 6.07) is 3.73. The summed E-state index contributed by atoms with van der Waals surface area (Å²) in [7, 11) is 0. The van der Waals surface area contributed by atoms with E-state index in [0.717, 1.165) is 12.1 Å². The summed E-state index contributed by atoms with van der Waals surface area (Å²) in [5, 5.41) is 11.3. The molecule has 1 aromatic carbocycles. The van der Waals surface area contributed by atoms with Gasteiger partial charge in [0, 0.05) is 25.5 Å². The maximum Gasteiger partial charge on any atom is 0.150 e. The van der Waals surface area contributed by atoms with Crippen LogP contribution in [0.5, 0.6) is 0 Å². The van der Waals surface area contributed by atoms with Gasteiger partial charge in [-0.05, 0) is 18.6 Å². The summed E-state index contributed by atoms with van der Waals surface area (Å²) in [4.78, 5) is 3.90. The Morgan fingerprint density at radius 3 is 2.63 bits per heavy atom. The SMILES string of the molecule is N#Cc1cc(F)c(NCCCn2ccnc2)c(F)c1. The molecule has 19 heavy (non-hydrogen) atoms. The van der Waals surface area contributed by atoms with E-state index in [1.54, 1.807) is 18.6 Å². The van der Waals surface area contributed by atoms with Crippen molar-refractivity contribution in [2.75, 3.05) is 11.9 Å². The van der Waals surface area contributed by atoms with E-state index in [2.05, 4.69) is 10.3 Å². The van der Waals surface area contributed by atoms with Gasteiger partial charge >= 0.3 is 0 Å². The number of nitrogens with zero attached hydrogens (tertiary/aromatic N) is 3. The Hall–Kier alpha value is -2.42. The van der Waals surface area contributed by atoms with Crippen molar-refractivity contribution >= 4 is 5.69 Å². The Labute approximate surface area is 109 Å². The van der Waals surface area contributed by atoms with Crippen LogP contribution in [-0.2, 0) is 6.54 Å². The van der Waals surface area contributed by atoms with Crippen LogP contribution in [0.2, 0.25) is 0 Å². The van der Waals surface area contributed by atoms with Crippen LogP contribution in [0, 0.1) is 23.0 Å². The number of imidazole rings is 1. The Balaban J connectivity index is 1.91. The van der Waals surface area contributed by atoms with Gasteiger partial charge in [-0.15, -0.1) is 0 Å². The number of nitrogens with one attached hydrogen (secondary N) is 1. The average molecular weight is 262 g/mol. The molecule has 4 nitrogen and oxygen atoms in total. The lowest BCUT2D eigenvalue weighted by Gasteiger charge is -2.09. The number of halogens is 2. The van der Waals surface area contributed by atoms with Crippen molar-refractivity contribution in [1.82, 2.24) is 9.55 Å². The topological polar surface area (TPSA) is 53.6 Å². The van der Waals surface area contributed by atoms with Crippen LogP contribution in [0.15, 0.2) is 30.9 Å². The van der Waals surface area contributed by atoms with Gasteiger partial charge in [-0.25, -0.2) is 13.8 Å². The lowest BCUT2D eigenvalue weighted by Crippen LogP contribution is -2.08. The smallest absolute Gasteiger partial charge is 0.150 e. The molecule has 2 aromatic rings. The van der Waals surface area contributed by atoms with Gasteiger partial charge in [-0.1, -0.05) is 0 Å². The summed E-state index contributed by atoms with van der Waals surface area (Å²) < 4.78 is 28.9. The third-order valence-corrected chi connectivity index (χ3v) is 2.63. The van der Waals surface area contributed by atoms with E-state index in [0.29, 0.717) is 19.5 Å². The lowest BCUT2D eigenvalue weighted by atomic mass is 10.2. The normalized spacial score (nSPS) is 10.2. The van der Waals surface area contributed by atoms with Gasteiger partial charge in [0.1, 0.15) is 5.69 Å². The number of aryl methyl sites for hydroxylation is 1. The van der Waals surface area contributed by atoms with Crippen molar-refractivity contribution in [3.8, 4) is 6.07 Å². The molecule has 0 bridgehead atoms. The number of benzene rings is 1. The fraction of sp³-hybridized carbons (Fsp3) is 0.231. The van der Waals surface area contributed by atoms with E-state index < -0.39 is 11.6 Å². The van der Waals surface area contributed by atoms with Crippen LogP contribution in [-0.4, -0.2) is 16.1 Å². The monoisotopic (exact) mass is 262 g/mol. The first-order valence-corrected chi connectivity index (χ1v) is 5.79. The number of rotatable bonds is 5. The summed E-state index contributed by atoms with van der Waals surface area (Å²) in [5.41, 5.74) is -0.219. The molecular weight excluding hydrogens is 250 g/mol. The molecule has 0 radical (unpaired) electrons. The van der Waals surface area contributed by atoms with Gasteiger partial charge < -0.3 is 9.88 Å². The zero-order valence-corrected chi connectivity index (χ0v) is 10.1. The summed E-state index contributed by atoms with van der Waals surface area (Å²) >= 11 is 0. The third-order valence-electron chi connectivity index (χ3n) is 2.63. The molecule has 1 aromatic heterocycles. The predicted molar refractivity (Wildman–Crippen MR) is 66.4 cm³/mol. The van der Waals surface area contributed by atoms with E-state index in [9.17, 15) is 8.78 Å². The third kappa shape index (κ3) is 3.28. The molecule has 0 atom stereocenters. The summed E-state index contributed by atoms with van der Waals surface area (Å²) in [5.74, 6) is -1.50. The minimum atomic E-state index is -0.751. The average Bonchev–Trinajstić information content (AvgIpc) is 2.89. The number of hydrogen-bond acceptors (Lipinski definition) is 3. The molecule has 1 heterocycles. The fourth-order valence-electron chi connectivity index (χ4n) is 1.70. The van der Waals surface area contributed by atoms with Gasteiger partial charge in [-0.2, -0.15) is 5.26 Å².